The lowest BCUT2D eigenvalue weighted by Crippen LogP contribution is -2.36. The van der Waals surface area contributed by atoms with Gasteiger partial charge in [0, 0.05) is 18.6 Å². The quantitative estimate of drug-likeness (QED) is 0.882. The van der Waals surface area contributed by atoms with Gasteiger partial charge in [-0.1, -0.05) is 24.3 Å². The zero-order chi connectivity index (χ0) is 12.5. The number of hydrogen-bond donors (Lipinski definition) is 1. The Balaban J connectivity index is 1.91. The summed E-state index contributed by atoms with van der Waals surface area (Å²) in [5.41, 5.74) is 9.15. The Morgan fingerprint density at radius 1 is 1.28 bits per heavy atom. The Hall–Kier alpha value is -0.860. The Morgan fingerprint density at radius 2 is 2.06 bits per heavy atom. The molecule has 2 unspecified atom stereocenters. The van der Waals surface area contributed by atoms with Crippen LogP contribution in [-0.4, -0.2) is 24.0 Å². The number of rotatable bonds is 4. The first-order valence-corrected chi connectivity index (χ1v) is 7.36. The van der Waals surface area contributed by atoms with E-state index in [0.717, 1.165) is 12.5 Å². The normalized spacial score (nSPS) is 26.4. The van der Waals surface area contributed by atoms with Gasteiger partial charge in [-0.05, 0) is 56.2 Å². The first-order valence-electron chi connectivity index (χ1n) is 7.36. The largest absolute Gasteiger partial charge is 0.329 e. The molecule has 2 atom stereocenters. The van der Waals surface area contributed by atoms with Crippen molar-refractivity contribution in [2.45, 2.75) is 50.6 Å². The van der Waals surface area contributed by atoms with E-state index in [1.54, 1.807) is 5.56 Å². The minimum atomic E-state index is 0.430. The zero-order valence-corrected chi connectivity index (χ0v) is 11.3. The third-order valence-electron chi connectivity index (χ3n) is 4.60. The maximum atomic E-state index is 6.09. The van der Waals surface area contributed by atoms with Crippen molar-refractivity contribution >= 4 is 0 Å². The number of nitrogens with zero attached hydrogens (tertiary/aromatic N) is 1. The number of benzene rings is 1. The topological polar surface area (TPSA) is 29.3 Å². The summed E-state index contributed by atoms with van der Waals surface area (Å²) in [5.74, 6) is 0.813. The molecular weight excluding hydrogens is 220 g/mol. The van der Waals surface area contributed by atoms with Gasteiger partial charge in [0.15, 0.2) is 0 Å². The Labute approximate surface area is 110 Å². The maximum Gasteiger partial charge on any atom is 0.0476 e. The third-order valence-corrected chi connectivity index (χ3v) is 4.60. The predicted octanol–water partition coefficient (Wildman–Crippen LogP) is 3.05. The van der Waals surface area contributed by atoms with Crippen molar-refractivity contribution in [3.05, 3.63) is 35.4 Å². The molecule has 0 aromatic heterocycles. The van der Waals surface area contributed by atoms with Crippen molar-refractivity contribution in [1.82, 2.24) is 4.90 Å². The summed E-state index contributed by atoms with van der Waals surface area (Å²) in [6, 6.07) is 10.1. The predicted molar refractivity (Wildman–Crippen MR) is 75.6 cm³/mol. The first kappa shape index (κ1) is 12.2. The lowest BCUT2D eigenvalue weighted by Gasteiger charge is -2.32. The minimum absolute atomic E-state index is 0.430. The summed E-state index contributed by atoms with van der Waals surface area (Å²) in [6.45, 7) is 4.30. The standard InChI is InChI=1S/C16H24N2/c1-12-5-4-10-18(12)16(11-17)15-7-3-2-6-14(15)13-8-9-13/h2-3,6-7,12-13,16H,4-5,8-11,17H2,1H3. The smallest absolute Gasteiger partial charge is 0.0476 e. The van der Waals surface area contributed by atoms with Gasteiger partial charge in [0.25, 0.3) is 0 Å². The van der Waals surface area contributed by atoms with Gasteiger partial charge in [0.05, 0.1) is 0 Å². The molecule has 2 aliphatic rings. The van der Waals surface area contributed by atoms with Gasteiger partial charge in [0.2, 0.25) is 0 Å². The second kappa shape index (κ2) is 5.02. The van der Waals surface area contributed by atoms with Crippen LogP contribution in [0.2, 0.25) is 0 Å². The summed E-state index contributed by atoms with van der Waals surface area (Å²) in [4.78, 5) is 2.61. The molecule has 0 bridgehead atoms. The summed E-state index contributed by atoms with van der Waals surface area (Å²) in [6.07, 6.45) is 5.37. The summed E-state index contributed by atoms with van der Waals surface area (Å²) < 4.78 is 0. The molecule has 1 heterocycles. The Bertz CT molecular complexity index is 411. The van der Waals surface area contributed by atoms with Gasteiger partial charge in [-0.25, -0.2) is 0 Å². The highest BCUT2D eigenvalue weighted by Crippen LogP contribution is 2.44. The molecule has 2 fully saturated rings. The van der Waals surface area contributed by atoms with Gasteiger partial charge < -0.3 is 5.73 Å². The minimum Gasteiger partial charge on any atom is -0.329 e. The van der Waals surface area contributed by atoms with Gasteiger partial charge in [-0.2, -0.15) is 0 Å². The van der Waals surface area contributed by atoms with Crippen LogP contribution < -0.4 is 5.73 Å². The molecule has 1 saturated heterocycles. The average molecular weight is 244 g/mol. The lowest BCUT2D eigenvalue weighted by atomic mass is 9.95. The van der Waals surface area contributed by atoms with Crippen LogP contribution in [0.1, 0.15) is 55.7 Å². The highest BCUT2D eigenvalue weighted by molar-refractivity contribution is 5.36. The van der Waals surface area contributed by atoms with E-state index in [0.29, 0.717) is 12.1 Å². The Morgan fingerprint density at radius 3 is 2.67 bits per heavy atom. The van der Waals surface area contributed by atoms with Crippen molar-refractivity contribution in [2.24, 2.45) is 5.73 Å². The summed E-state index contributed by atoms with van der Waals surface area (Å²) >= 11 is 0. The highest BCUT2D eigenvalue weighted by Gasteiger charge is 2.32. The fourth-order valence-electron chi connectivity index (χ4n) is 3.44. The molecule has 18 heavy (non-hydrogen) atoms. The number of likely N-dealkylation sites (tertiary alicyclic amines) is 1. The van der Waals surface area contributed by atoms with E-state index in [1.165, 1.54) is 37.8 Å². The van der Waals surface area contributed by atoms with E-state index in [1.807, 2.05) is 0 Å². The molecule has 2 nitrogen and oxygen atoms in total. The zero-order valence-electron chi connectivity index (χ0n) is 11.3. The average Bonchev–Trinajstić information content (AvgIpc) is 3.16. The molecule has 0 radical (unpaired) electrons. The van der Waals surface area contributed by atoms with Crippen LogP contribution in [0.15, 0.2) is 24.3 Å². The highest BCUT2D eigenvalue weighted by atomic mass is 15.2. The molecule has 2 N–H and O–H groups in total. The van der Waals surface area contributed by atoms with Crippen molar-refractivity contribution in [2.75, 3.05) is 13.1 Å². The number of nitrogens with two attached hydrogens (primary N) is 1. The maximum absolute atomic E-state index is 6.09. The molecule has 0 spiro atoms. The molecule has 1 aliphatic heterocycles. The van der Waals surface area contributed by atoms with Crippen LogP contribution in [-0.2, 0) is 0 Å². The van der Waals surface area contributed by atoms with Crippen LogP contribution in [0.4, 0.5) is 0 Å². The van der Waals surface area contributed by atoms with Crippen molar-refractivity contribution < 1.29 is 0 Å². The first-order chi connectivity index (χ1) is 8.81. The second-order valence-corrected chi connectivity index (χ2v) is 5.88. The van der Waals surface area contributed by atoms with Crippen LogP contribution in [0, 0.1) is 0 Å². The molecule has 1 saturated carbocycles. The van der Waals surface area contributed by atoms with E-state index >= 15 is 0 Å². The molecule has 1 aromatic carbocycles. The number of hydrogen-bond acceptors (Lipinski definition) is 2. The third kappa shape index (κ3) is 2.19. The van der Waals surface area contributed by atoms with E-state index < -0.39 is 0 Å². The van der Waals surface area contributed by atoms with Gasteiger partial charge in [0.1, 0.15) is 0 Å². The van der Waals surface area contributed by atoms with Gasteiger partial charge >= 0.3 is 0 Å². The summed E-state index contributed by atoms with van der Waals surface area (Å²) in [5, 5.41) is 0. The van der Waals surface area contributed by atoms with Crippen LogP contribution in [0.5, 0.6) is 0 Å². The fraction of sp³-hybridized carbons (Fsp3) is 0.625. The van der Waals surface area contributed by atoms with Crippen molar-refractivity contribution in [3.63, 3.8) is 0 Å². The lowest BCUT2D eigenvalue weighted by molar-refractivity contribution is 0.195. The van der Waals surface area contributed by atoms with E-state index in [-0.39, 0.29) is 0 Å². The molecule has 3 rings (SSSR count). The monoisotopic (exact) mass is 244 g/mol. The molecular formula is C16H24N2. The fourth-order valence-corrected chi connectivity index (χ4v) is 3.44. The molecule has 1 aliphatic carbocycles. The molecule has 1 aromatic rings. The van der Waals surface area contributed by atoms with Crippen molar-refractivity contribution in [3.8, 4) is 0 Å². The molecule has 0 amide bonds. The summed E-state index contributed by atoms with van der Waals surface area (Å²) in [7, 11) is 0. The van der Waals surface area contributed by atoms with E-state index in [9.17, 15) is 0 Å². The van der Waals surface area contributed by atoms with Crippen LogP contribution in [0.25, 0.3) is 0 Å². The van der Waals surface area contributed by atoms with E-state index in [4.69, 9.17) is 5.73 Å². The molecule has 2 heteroatoms. The van der Waals surface area contributed by atoms with Gasteiger partial charge in [-0.15, -0.1) is 0 Å². The molecule has 98 valence electrons. The van der Waals surface area contributed by atoms with Crippen LogP contribution in [0.3, 0.4) is 0 Å². The van der Waals surface area contributed by atoms with E-state index in [2.05, 4.69) is 36.1 Å². The Kier molecular flexibility index (Phi) is 3.40. The van der Waals surface area contributed by atoms with Gasteiger partial charge in [-0.3, -0.25) is 4.90 Å². The SMILES string of the molecule is CC1CCCN1C(CN)c1ccccc1C1CC1. The second-order valence-electron chi connectivity index (χ2n) is 5.88. The van der Waals surface area contributed by atoms with Crippen LogP contribution >= 0.6 is 0 Å². The van der Waals surface area contributed by atoms with Crippen molar-refractivity contribution in [1.29, 1.82) is 0 Å².